The summed E-state index contributed by atoms with van der Waals surface area (Å²) in [5, 5.41) is 3.62. The molecule has 0 aliphatic rings. The van der Waals surface area contributed by atoms with Gasteiger partial charge in [0.25, 0.3) is 0 Å². The van der Waals surface area contributed by atoms with Gasteiger partial charge in [-0.15, -0.1) is 11.3 Å². The van der Waals surface area contributed by atoms with Crippen molar-refractivity contribution in [1.29, 1.82) is 0 Å². The number of rotatable bonds is 0. The molecule has 1 heterocycles. The van der Waals surface area contributed by atoms with E-state index < -0.39 is 0 Å². The maximum Gasteiger partial charge on any atom is 0.0383 e. The van der Waals surface area contributed by atoms with E-state index in [0.717, 1.165) is 0 Å². The van der Waals surface area contributed by atoms with Gasteiger partial charge < -0.3 is 0 Å². The smallest absolute Gasteiger partial charge is 0.0383 e. The number of benzene rings is 1. The Balaban J connectivity index is 2.92. The Labute approximate surface area is 103 Å². The van der Waals surface area contributed by atoms with Crippen LogP contribution < -0.4 is 0 Å². The summed E-state index contributed by atoms with van der Waals surface area (Å²) in [6.45, 7) is 2.18. The van der Waals surface area contributed by atoms with Crippen molar-refractivity contribution in [3.63, 3.8) is 0 Å². The third-order valence-electron chi connectivity index (χ3n) is 1.78. The molecule has 0 amide bonds. The van der Waals surface area contributed by atoms with Gasteiger partial charge in [-0.3, -0.25) is 0 Å². The predicted molar refractivity (Wildman–Crippen MR) is 72.0 cm³/mol. The zero-order valence-corrected chi connectivity index (χ0v) is 11.5. The predicted octanol–water partition coefficient (Wildman–Crippen LogP) is 4.42. The molecule has 0 aliphatic carbocycles. The van der Waals surface area contributed by atoms with Crippen molar-refractivity contribution in [1.82, 2.24) is 0 Å². The van der Waals surface area contributed by atoms with Crippen LogP contribution in [0.25, 0.3) is 10.1 Å². The fourth-order valence-corrected chi connectivity index (χ4v) is 3.90. The lowest BCUT2D eigenvalue weighted by molar-refractivity contribution is 1.53. The highest BCUT2D eigenvalue weighted by molar-refractivity contribution is 14.1. The number of halogens is 2. The largest absolute Gasteiger partial charge is 0.142 e. The summed E-state index contributed by atoms with van der Waals surface area (Å²) in [6.07, 6.45) is 0. The van der Waals surface area contributed by atoms with Crippen LogP contribution in [0.4, 0.5) is 0 Å². The normalized spacial score (nSPS) is 10.9. The molecule has 0 spiro atoms. The average molecular weight is 400 g/mol. The standard InChI is InChI=1S/C9H6I2S/c1-5-2-6(10)3-7-8(11)4-12-9(5)7/h2-4H,1H3. The molecule has 2 rings (SSSR count). The van der Waals surface area contributed by atoms with Gasteiger partial charge in [0.1, 0.15) is 0 Å². The van der Waals surface area contributed by atoms with E-state index in [9.17, 15) is 0 Å². The van der Waals surface area contributed by atoms with Gasteiger partial charge >= 0.3 is 0 Å². The lowest BCUT2D eigenvalue weighted by Crippen LogP contribution is -1.76. The number of fused-ring (bicyclic) bond motifs is 1. The SMILES string of the molecule is Cc1cc(I)cc2c(I)csc12. The van der Waals surface area contributed by atoms with E-state index >= 15 is 0 Å². The Bertz CT molecular complexity index is 431. The summed E-state index contributed by atoms with van der Waals surface area (Å²) in [5.74, 6) is 0. The van der Waals surface area contributed by atoms with Crippen molar-refractivity contribution in [2.24, 2.45) is 0 Å². The lowest BCUT2D eigenvalue weighted by atomic mass is 10.2. The van der Waals surface area contributed by atoms with E-state index in [-0.39, 0.29) is 0 Å². The summed E-state index contributed by atoms with van der Waals surface area (Å²) in [5.41, 5.74) is 1.39. The molecule has 0 radical (unpaired) electrons. The number of thiophene rings is 1. The first-order valence-electron chi connectivity index (χ1n) is 3.51. The molecule has 1 aromatic heterocycles. The van der Waals surface area contributed by atoms with Crippen LogP contribution in [-0.4, -0.2) is 0 Å². The van der Waals surface area contributed by atoms with Gasteiger partial charge in [-0.05, 0) is 69.8 Å². The molecule has 0 fully saturated rings. The van der Waals surface area contributed by atoms with Crippen LogP contribution in [0.1, 0.15) is 5.56 Å². The third kappa shape index (κ3) is 1.50. The zero-order chi connectivity index (χ0) is 8.72. The monoisotopic (exact) mass is 400 g/mol. The fraction of sp³-hybridized carbons (Fsp3) is 0.111. The average Bonchev–Trinajstić information content (AvgIpc) is 2.33. The van der Waals surface area contributed by atoms with Crippen LogP contribution in [-0.2, 0) is 0 Å². The molecule has 0 atom stereocenters. The Hall–Kier alpha value is 0.640. The van der Waals surface area contributed by atoms with Gasteiger partial charge in [0.2, 0.25) is 0 Å². The van der Waals surface area contributed by atoms with Gasteiger partial charge in [-0.2, -0.15) is 0 Å². The minimum atomic E-state index is 1.33. The summed E-state index contributed by atoms with van der Waals surface area (Å²) >= 11 is 6.60. The van der Waals surface area contributed by atoms with Crippen LogP contribution in [0.3, 0.4) is 0 Å². The summed E-state index contributed by atoms with van der Waals surface area (Å²) < 4.78 is 4.13. The lowest BCUT2D eigenvalue weighted by Gasteiger charge is -1.97. The molecule has 0 aliphatic heterocycles. The first-order chi connectivity index (χ1) is 5.68. The molecule has 1 aromatic carbocycles. The number of aryl methyl sites for hydroxylation is 1. The van der Waals surface area contributed by atoms with E-state index in [0.29, 0.717) is 0 Å². The van der Waals surface area contributed by atoms with Crippen LogP contribution in [0.5, 0.6) is 0 Å². The van der Waals surface area contributed by atoms with E-state index in [1.165, 1.54) is 22.8 Å². The molecule has 0 unspecified atom stereocenters. The zero-order valence-electron chi connectivity index (χ0n) is 6.40. The van der Waals surface area contributed by atoms with Crippen LogP contribution in [0.15, 0.2) is 17.5 Å². The second kappa shape index (κ2) is 3.42. The Morgan fingerprint density at radius 1 is 1.25 bits per heavy atom. The first kappa shape index (κ1) is 9.21. The topological polar surface area (TPSA) is 0 Å². The minimum absolute atomic E-state index is 1.33. The molecular formula is C9H6I2S. The maximum atomic E-state index is 2.39. The minimum Gasteiger partial charge on any atom is -0.142 e. The summed E-state index contributed by atoms with van der Waals surface area (Å²) in [4.78, 5) is 0. The molecule has 0 N–H and O–H groups in total. The molecule has 3 heteroatoms. The van der Waals surface area contributed by atoms with E-state index in [2.05, 4.69) is 69.6 Å². The third-order valence-corrected chi connectivity index (χ3v) is 4.85. The van der Waals surface area contributed by atoms with Gasteiger partial charge in [0, 0.05) is 22.6 Å². The molecule has 0 saturated heterocycles. The van der Waals surface area contributed by atoms with Crippen LogP contribution >= 0.6 is 56.5 Å². The molecule has 62 valence electrons. The molecule has 0 saturated carbocycles. The molecule has 0 bridgehead atoms. The van der Waals surface area contributed by atoms with E-state index in [1.54, 1.807) is 0 Å². The van der Waals surface area contributed by atoms with Crippen molar-refractivity contribution in [2.75, 3.05) is 0 Å². The van der Waals surface area contributed by atoms with Crippen molar-refractivity contribution in [3.8, 4) is 0 Å². The van der Waals surface area contributed by atoms with E-state index in [1.807, 2.05) is 11.3 Å². The quantitative estimate of drug-likeness (QED) is 0.575. The van der Waals surface area contributed by atoms with Crippen molar-refractivity contribution in [2.45, 2.75) is 6.92 Å². The summed E-state index contributed by atoms with van der Waals surface area (Å²) in [7, 11) is 0. The van der Waals surface area contributed by atoms with Gasteiger partial charge in [0.15, 0.2) is 0 Å². The highest BCUT2D eigenvalue weighted by Crippen LogP contribution is 2.31. The van der Waals surface area contributed by atoms with Crippen LogP contribution in [0.2, 0.25) is 0 Å². The summed E-state index contributed by atoms with van der Waals surface area (Å²) in [6, 6.07) is 4.48. The first-order valence-corrected chi connectivity index (χ1v) is 6.55. The highest BCUT2D eigenvalue weighted by Gasteiger charge is 2.04. The van der Waals surface area contributed by atoms with Crippen molar-refractivity contribution in [3.05, 3.63) is 30.2 Å². The van der Waals surface area contributed by atoms with Gasteiger partial charge in [0.05, 0.1) is 0 Å². The second-order valence-corrected chi connectivity index (χ2v) is 5.97. The van der Waals surface area contributed by atoms with Crippen molar-refractivity contribution < 1.29 is 0 Å². The highest BCUT2D eigenvalue weighted by atomic mass is 127. The van der Waals surface area contributed by atoms with Gasteiger partial charge in [-0.25, -0.2) is 0 Å². The van der Waals surface area contributed by atoms with Gasteiger partial charge in [-0.1, -0.05) is 0 Å². The number of hydrogen-bond acceptors (Lipinski definition) is 1. The molecule has 12 heavy (non-hydrogen) atoms. The maximum absolute atomic E-state index is 2.39. The molecule has 0 nitrogen and oxygen atoms in total. The van der Waals surface area contributed by atoms with Crippen molar-refractivity contribution >= 4 is 66.6 Å². The number of hydrogen-bond donors (Lipinski definition) is 0. The Morgan fingerprint density at radius 3 is 2.75 bits per heavy atom. The Kier molecular flexibility index (Phi) is 2.62. The molecule has 2 aromatic rings. The fourth-order valence-electron chi connectivity index (χ4n) is 1.24. The molecular weight excluding hydrogens is 394 g/mol. The van der Waals surface area contributed by atoms with Crippen LogP contribution in [0, 0.1) is 14.1 Å². The Morgan fingerprint density at radius 2 is 2.00 bits per heavy atom. The second-order valence-electron chi connectivity index (χ2n) is 2.68. The van der Waals surface area contributed by atoms with E-state index in [4.69, 9.17) is 0 Å².